The number of anilines is 2. The minimum atomic E-state index is -2.11. The highest BCUT2D eigenvalue weighted by Crippen LogP contribution is 2.66. The minimum Gasteiger partial charge on any atom is -0.497 e. The van der Waals surface area contributed by atoms with E-state index < -0.39 is 59.4 Å². The second-order valence-electron chi connectivity index (χ2n) is 16.8. The number of benzene rings is 6. The summed E-state index contributed by atoms with van der Waals surface area (Å²) in [6.07, 6.45) is -1.95. The quantitative estimate of drug-likeness (QED) is 0.0687. The van der Waals surface area contributed by atoms with Crippen LogP contribution in [0.15, 0.2) is 152 Å². The van der Waals surface area contributed by atoms with E-state index in [1.165, 1.54) is 18.4 Å². The van der Waals surface area contributed by atoms with Crippen LogP contribution in [0.2, 0.25) is 0 Å². The molecule has 6 atom stereocenters. The molecular weight excluding hydrogens is 909 g/mol. The number of methoxy groups -OCH3 is 2. The average Bonchev–Trinajstić information content (AvgIpc) is 4.03. The standard InChI is InChI=1S/C55H46N4O10S/c1-65-30-31-68-54(64)58-43-27-24-35(21-20-34-22-25-39(66-2)26-23-34)32-41(43)55(52(58)63)45(50(61)57-53-56-42-18-9-10-19-44(42)70-53)47-51(62)69-48(37-14-7-4-8-15-37)46(36-12-5-3-6-13-36)59(47)49(55)38-16-11-17-40(33-38)67-29-28-60/h3-19,22-27,32-33,45-49,60H,28-31H2,1-2H3,(H,56,57,61)/t45-,46-,47-,48+,49+,55-/m1/s1. The maximum Gasteiger partial charge on any atom is 0.421 e. The lowest BCUT2D eigenvalue weighted by Crippen LogP contribution is -2.54. The van der Waals surface area contributed by atoms with Crippen molar-refractivity contribution in [3.8, 4) is 23.3 Å². The molecule has 0 radical (unpaired) electrons. The summed E-state index contributed by atoms with van der Waals surface area (Å²) in [5.74, 6) is 3.58. The number of fused-ring (bicyclic) bond motifs is 4. The zero-order valence-corrected chi connectivity index (χ0v) is 38.8. The van der Waals surface area contributed by atoms with Crippen molar-refractivity contribution in [2.45, 2.75) is 29.6 Å². The number of nitrogens with one attached hydrogen (secondary N) is 1. The molecule has 3 amide bonds. The molecule has 3 aliphatic heterocycles. The van der Waals surface area contributed by atoms with E-state index in [1.807, 2.05) is 108 Å². The fourth-order valence-corrected chi connectivity index (χ4v) is 11.0. The first-order chi connectivity index (χ1) is 34.2. The van der Waals surface area contributed by atoms with Crippen molar-refractivity contribution in [1.29, 1.82) is 0 Å². The van der Waals surface area contributed by atoms with E-state index in [9.17, 15) is 9.90 Å². The Balaban J connectivity index is 1.27. The fraction of sp³-hybridized carbons (Fsp3) is 0.218. The zero-order chi connectivity index (χ0) is 48.4. The second-order valence-corrected chi connectivity index (χ2v) is 17.9. The van der Waals surface area contributed by atoms with E-state index in [-0.39, 0.29) is 42.8 Å². The molecule has 70 heavy (non-hydrogen) atoms. The SMILES string of the molecule is COCCOC(=O)N1C(=O)[C@@]2(c3cc(C#Cc4ccc(OC)cc4)ccc31)[C@H](c1cccc(OCCO)c1)N1[C@H](c3ccccc3)[C@H](c3ccccc3)OC(=O)[C@H]1[C@@H]2C(=O)Nc1nc2ccccc2s1. The number of aliphatic hydroxyl groups is 1. The van der Waals surface area contributed by atoms with E-state index in [0.29, 0.717) is 39.3 Å². The number of thiazole rings is 1. The molecular formula is C55H46N4O10S. The Hall–Kier alpha value is -7.87. The average molecular weight is 955 g/mol. The lowest BCUT2D eigenvalue weighted by molar-refractivity contribution is -0.177. The third kappa shape index (κ3) is 8.20. The van der Waals surface area contributed by atoms with E-state index in [2.05, 4.69) is 17.2 Å². The molecule has 3 aliphatic rings. The first-order valence-electron chi connectivity index (χ1n) is 22.6. The van der Waals surface area contributed by atoms with E-state index in [1.54, 1.807) is 55.6 Å². The lowest BCUT2D eigenvalue weighted by atomic mass is 9.65. The molecule has 0 saturated carbocycles. The summed E-state index contributed by atoms with van der Waals surface area (Å²) in [5.41, 5.74) is 1.95. The molecule has 7 aromatic rings. The minimum absolute atomic E-state index is 0.0348. The van der Waals surface area contributed by atoms with Gasteiger partial charge >= 0.3 is 12.1 Å². The molecule has 0 bridgehead atoms. The van der Waals surface area contributed by atoms with Crippen molar-refractivity contribution in [2.75, 3.05) is 50.9 Å². The monoisotopic (exact) mass is 954 g/mol. The highest BCUT2D eigenvalue weighted by Gasteiger charge is 2.76. The Morgan fingerprint density at radius 1 is 0.757 bits per heavy atom. The van der Waals surface area contributed by atoms with Crippen molar-refractivity contribution in [1.82, 2.24) is 9.88 Å². The van der Waals surface area contributed by atoms with Crippen LogP contribution in [0.1, 0.15) is 51.6 Å². The summed E-state index contributed by atoms with van der Waals surface area (Å²) in [7, 11) is 3.04. The number of imide groups is 1. The summed E-state index contributed by atoms with van der Waals surface area (Å²) in [4.78, 5) is 70.2. The van der Waals surface area contributed by atoms with Gasteiger partial charge in [0.05, 0.1) is 54.2 Å². The summed E-state index contributed by atoms with van der Waals surface area (Å²) >= 11 is 1.24. The Bertz CT molecular complexity index is 3120. The number of aromatic nitrogens is 1. The predicted molar refractivity (Wildman–Crippen MR) is 261 cm³/mol. The van der Waals surface area contributed by atoms with Gasteiger partial charge in [0.15, 0.2) is 5.13 Å². The van der Waals surface area contributed by atoms with E-state index in [0.717, 1.165) is 15.2 Å². The molecule has 1 aromatic heterocycles. The van der Waals surface area contributed by atoms with Gasteiger partial charge in [-0.15, -0.1) is 0 Å². The molecule has 0 aliphatic carbocycles. The van der Waals surface area contributed by atoms with Crippen LogP contribution < -0.4 is 19.7 Å². The van der Waals surface area contributed by atoms with Gasteiger partial charge in [-0.1, -0.05) is 108 Å². The van der Waals surface area contributed by atoms with Crippen LogP contribution in [0.4, 0.5) is 15.6 Å². The summed E-state index contributed by atoms with van der Waals surface area (Å²) in [5, 5.41) is 13.1. The van der Waals surface area contributed by atoms with Gasteiger partial charge in [-0.05, 0) is 89.0 Å². The second kappa shape index (κ2) is 19.6. The highest BCUT2D eigenvalue weighted by molar-refractivity contribution is 7.22. The number of hydrogen-bond donors (Lipinski definition) is 2. The van der Waals surface area contributed by atoms with Crippen LogP contribution in [0.3, 0.4) is 0 Å². The number of esters is 1. The van der Waals surface area contributed by atoms with Crippen LogP contribution in [0.25, 0.3) is 10.2 Å². The fourth-order valence-electron chi connectivity index (χ4n) is 10.1. The van der Waals surface area contributed by atoms with Crippen LogP contribution in [-0.2, 0) is 34.0 Å². The van der Waals surface area contributed by atoms with Gasteiger partial charge in [0.2, 0.25) is 11.8 Å². The molecule has 0 unspecified atom stereocenters. The summed E-state index contributed by atoms with van der Waals surface area (Å²) < 4.78 is 29.7. The van der Waals surface area contributed by atoms with Crippen LogP contribution >= 0.6 is 11.3 Å². The van der Waals surface area contributed by atoms with Crippen LogP contribution in [0, 0.1) is 17.8 Å². The van der Waals surface area contributed by atoms with Crippen molar-refractivity contribution in [2.24, 2.45) is 5.92 Å². The maximum atomic E-state index is 16.5. The Morgan fingerprint density at radius 2 is 1.46 bits per heavy atom. The third-order valence-electron chi connectivity index (χ3n) is 12.9. The molecule has 6 aromatic carbocycles. The molecule has 352 valence electrons. The van der Waals surface area contributed by atoms with Crippen molar-refractivity contribution < 1.29 is 48.0 Å². The molecule has 4 heterocycles. The number of amides is 3. The molecule has 14 nitrogen and oxygen atoms in total. The largest absolute Gasteiger partial charge is 0.497 e. The van der Waals surface area contributed by atoms with Gasteiger partial charge in [0.1, 0.15) is 42.3 Å². The number of aliphatic hydroxyl groups excluding tert-OH is 1. The molecule has 1 spiro atoms. The topological polar surface area (TPSA) is 166 Å². The van der Waals surface area contributed by atoms with Crippen LogP contribution in [0.5, 0.6) is 11.5 Å². The number of carbonyl (C=O) groups excluding carboxylic acids is 4. The number of nitrogens with zero attached hydrogens (tertiary/aromatic N) is 3. The number of hydrogen-bond acceptors (Lipinski definition) is 13. The molecule has 2 saturated heterocycles. The van der Waals surface area contributed by atoms with Gasteiger partial charge in [-0.25, -0.2) is 14.7 Å². The van der Waals surface area contributed by atoms with Gasteiger partial charge < -0.3 is 34.1 Å². The molecule has 15 heteroatoms. The normalized spacial score (nSPS) is 21.4. The first-order valence-corrected chi connectivity index (χ1v) is 23.5. The first kappa shape index (κ1) is 45.9. The van der Waals surface area contributed by atoms with Crippen molar-refractivity contribution in [3.05, 3.63) is 185 Å². The van der Waals surface area contributed by atoms with Gasteiger partial charge in [-0.2, -0.15) is 0 Å². The van der Waals surface area contributed by atoms with Crippen LogP contribution in [-0.4, -0.2) is 85.6 Å². The van der Waals surface area contributed by atoms with E-state index in [4.69, 9.17) is 28.7 Å². The number of rotatable bonds is 12. The Kier molecular flexibility index (Phi) is 12.9. The van der Waals surface area contributed by atoms with Crippen molar-refractivity contribution in [3.63, 3.8) is 0 Å². The lowest BCUT2D eigenvalue weighted by Gasteiger charge is -2.46. The van der Waals surface area contributed by atoms with Crippen molar-refractivity contribution >= 4 is 56.2 Å². The zero-order valence-electron chi connectivity index (χ0n) is 38.0. The Morgan fingerprint density at radius 3 is 2.19 bits per heavy atom. The number of morpholine rings is 1. The smallest absolute Gasteiger partial charge is 0.421 e. The summed E-state index contributed by atoms with van der Waals surface area (Å²) in [6.45, 7) is -0.443. The van der Waals surface area contributed by atoms with E-state index >= 15 is 14.4 Å². The highest BCUT2D eigenvalue weighted by atomic mass is 32.1. The third-order valence-corrected chi connectivity index (χ3v) is 13.9. The number of cyclic esters (lactones) is 1. The summed E-state index contributed by atoms with van der Waals surface area (Å²) in [6, 6.07) is 42.0. The number of ether oxygens (including phenoxy) is 5. The van der Waals surface area contributed by atoms with Gasteiger partial charge in [0, 0.05) is 18.2 Å². The number of carbonyl (C=O) groups is 4. The predicted octanol–water partition coefficient (Wildman–Crippen LogP) is 8.16. The van der Waals surface area contributed by atoms with Gasteiger partial charge in [0.25, 0.3) is 0 Å². The Labute approximate surface area is 407 Å². The molecule has 2 N–H and O–H groups in total. The molecule has 2 fully saturated rings. The van der Waals surface area contributed by atoms with Gasteiger partial charge in [-0.3, -0.25) is 19.3 Å². The molecule has 10 rings (SSSR count). The number of para-hydroxylation sites is 1. The maximum absolute atomic E-state index is 16.5.